The third-order valence-corrected chi connectivity index (χ3v) is 3.54. The van der Waals surface area contributed by atoms with E-state index < -0.39 is 11.9 Å². The molecule has 0 aliphatic carbocycles. The number of carbonyl (C=O) groups is 3. The SMILES string of the molecule is CNC(=O)CN1CCN(c2cccc[n+]2C)CC1.O=C([O-])C(=O)O. The zero-order chi connectivity index (χ0) is 18.1. The number of anilines is 1. The molecule has 0 saturated carbocycles. The molecule has 1 aromatic heterocycles. The second-order valence-corrected chi connectivity index (χ2v) is 5.20. The first-order valence-corrected chi connectivity index (χ1v) is 7.42. The highest BCUT2D eigenvalue weighted by Crippen LogP contribution is 2.10. The number of nitrogens with zero attached hydrogens (tertiary/aromatic N) is 3. The van der Waals surface area contributed by atoms with Crippen molar-refractivity contribution in [2.45, 2.75) is 0 Å². The fraction of sp³-hybridized carbons (Fsp3) is 0.467. The molecule has 1 fully saturated rings. The molecular weight excluding hydrogens is 316 g/mol. The van der Waals surface area contributed by atoms with Crippen LogP contribution in [0.4, 0.5) is 5.82 Å². The Kier molecular flexibility index (Phi) is 7.63. The van der Waals surface area contributed by atoms with Gasteiger partial charge in [0, 0.05) is 26.2 Å². The summed E-state index contributed by atoms with van der Waals surface area (Å²) >= 11 is 0. The molecule has 0 spiro atoms. The van der Waals surface area contributed by atoms with Crippen LogP contribution in [0.1, 0.15) is 0 Å². The van der Waals surface area contributed by atoms with Gasteiger partial charge < -0.3 is 20.3 Å². The number of aliphatic carboxylic acids is 2. The predicted octanol–water partition coefficient (Wildman–Crippen LogP) is -2.80. The average Bonchev–Trinajstić information content (AvgIpc) is 2.56. The first-order chi connectivity index (χ1) is 11.3. The number of hydrogen-bond donors (Lipinski definition) is 2. The van der Waals surface area contributed by atoms with Crippen LogP contribution < -0.4 is 19.9 Å². The number of pyridine rings is 1. The Morgan fingerprint density at radius 1 is 1.25 bits per heavy atom. The van der Waals surface area contributed by atoms with Crippen molar-refractivity contribution in [3.8, 4) is 0 Å². The molecule has 1 aliphatic rings. The first kappa shape index (κ1) is 19.4. The number of hydrogen-bond acceptors (Lipinski definition) is 6. The Labute approximate surface area is 140 Å². The Balaban J connectivity index is 0.000000413. The fourth-order valence-electron chi connectivity index (χ4n) is 2.26. The summed E-state index contributed by atoms with van der Waals surface area (Å²) in [7, 11) is 3.74. The van der Waals surface area contributed by atoms with Crippen molar-refractivity contribution >= 4 is 23.7 Å². The van der Waals surface area contributed by atoms with Crippen LogP contribution in [-0.2, 0) is 21.4 Å². The number of likely N-dealkylation sites (N-methyl/N-ethyl adjacent to an activating group) is 1. The molecule has 1 saturated heterocycles. The third-order valence-electron chi connectivity index (χ3n) is 3.54. The Bertz CT molecular complexity index is 573. The Hall–Kier alpha value is -2.68. The van der Waals surface area contributed by atoms with E-state index in [1.54, 1.807) is 7.05 Å². The molecule has 0 aromatic carbocycles. The van der Waals surface area contributed by atoms with Crippen molar-refractivity contribution in [2.24, 2.45) is 7.05 Å². The normalized spacial score (nSPS) is 14.3. The summed E-state index contributed by atoms with van der Waals surface area (Å²) in [6.07, 6.45) is 2.06. The quantitative estimate of drug-likeness (QED) is 0.452. The van der Waals surface area contributed by atoms with Gasteiger partial charge >= 0.3 is 5.97 Å². The van der Waals surface area contributed by atoms with E-state index in [4.69, 9.17) is 19.8 Å². The van der Waals surface area contributed by atoms with Crippen molar-refractivity contribution in [3.63, 3.8) is 0 Å². The van der Waals surface area contributed by atoms with E-state index >= 15 is 0 Å². The van der Waals surface area contributed by atoms with Crippen LogP contribution in [0.2, 0.25) is 0 Å². The number of nitrogens with one attached hydrogen (secondary N) is 1. The van der Waals surface area contributed by atoms with Gasteiger partial charge in [0.1, 0.15) is 0 Å². The molecule has 2 N–H and O–H groups in total. The van der Waals surface area contributed by atoms with Gasteiger partial charge in [0.15, 0.2) is 5.97 Å². The molecule has 24 heavy (non-hydrogen) atoms. The van der Waals surface area contributed by atoms with Crippen molar-refractivity contribution in [3.05, 3.63) is 24.4 Å². The van der Waals surface area contributed by atoms with E-state index in [1.165, 1.54) is 5.82 Å². The summed E-state index contributed by atoms with van der Waals surface area (Å²) in [5.74, 6) is -2.68. The van der Waals surface area contributed by atoms with E-state index in [0.717, 1.165) is 26.2 Å². The molecular formula is C15H22N4O5. The van der Waals surface area contributed by atoms with Gasteiger partial charge in [0.2, 0.25) is 5.91 Å². The number of carbonyl (C=O) groups excluding carboxylic acids is 2. The molecule has 1 aliphatic heterocycles. The zero-order valence-corrected chi connectivity index (χ0v) is 13.8. The van der Waals surface area contributed by atoms with Crippen LogP contribution >= 0.6 is 0 Å². The second kappa shape index (κ2) is 9.46. The monoisotopic (exact) mass is 338 g/mol. The zero-order valence-electron chi connectivity index (χ0n) is 13.8. The van der Waals surface area contributed by atoms with Gasteiger partial charge in [-0.3, -0.25) is 14.6 Å². The van der Waals surface area contributed by atoms with Gasteiger partial charge in [-0.2, -0.15) is 0 Å². The highest BCUT2D eigenvalue weighted by Gasteiger charge is 2.24. The number of piperazine rings is 1. The topological polar surface area (TPSA) is 117 Å². The maximum absolute atomic E-state index is 11.3. The molecule has 2 heterocycles. The molecule has 0 unspecified atom stereocenters. The van der Waals surface area contributed by atoms with Gasteiger partial charge in [0.25, 0.3) is 5.82 Å². The predicted molar refractivity (Wildman–Crippen MR) is 83.0 cm³/mol. The van der Waals surface area contributed by atoms with Crippen LogP contribution in [0.3, 0.4) is 0 Å². The van der Waals surface area contributed by atoms with Gasteiger partial charge in [-0.15, -0.1) is 0 Å². The minimum Gasteiger partial charge on any atom is -0.539 e. The van der Waals surface area contributed by atoms with E-state index in [1.807, 2.05) is 6.07 Å². The standard InChI is InChI=1S/C13H20N4O.C2H2O4/c1-14-12(18)11-16-7-9-17(10-8-16)13-5-3-4-6-15(13)2;3-1(4)2(5)6/h3-6H,7-11H2,1-2H3;(H,3,4)(H,5,6). The highest BCUT2D eigenvalue weighted by atomic mass is 16.4. The second-order valence-electron chi connectivity index (χ2n) is 5.20. The van der Waals surface area contributed by atoms with Crippen molar-refractivity contribution < 1.29 is 29.2 Å². The van der Waals surface area contributed by atoms with Gasteiger partial charge in [0.05, 0.1) is 32.9 Å². The van der Waals surface area contributed by atoms with Crippen LogP contribution in [-0.4, -0.2) is 67.6 Å². The van der Waals surface area contributed by atoms with Gasteiger partial charge in [-0.1, -0.05) is 6.07 Å². The molecule has 0 radical (unpaired) electrons. The smallest absolute Gasteiger partial charge is 0.351 e. The van der Waals surface area contributed by atoms with E-state index in [2.05, 4.69) is 45.1 Å². The maximum Gasteiger partial charge on any atom is 0.351 e. The highest BCUT2D eigenvalue weighted by molar-refractivity contribution is 6.26. The molecule has 132 valence electrons. The lowest BCUT2D eigenvalue weighted by Crippen LogP contribution is -2.52. The fourth-order valence-corrected chi connectivity index (χ4v) is 2.26. The minimum atomic E-state index is -2.07. The van der Waals surface area contributed by atoms with Crippen molar-refractivity contribution in [1.82, 2.24) is 10.2 Å². The largest absolute Gasteiger partial charge is 0.539 e. The molecule has 1 amide bonds. The third kappa shape index (κ3) is 6.21. The molecule has 0 atom stereocenters. The first-order valence-electron chi connectivity index (χ1n) is 7.42. The number of carboxylic acids is 2. The van der Waals surface area contributed by atoms with Gasteiger partial charge in [-0.05, 0) is 6.07 Å². The summed E-state index contributed by atoms with van der Waals surface area (Å²) in [5, 5.41) is 19.0. The number of amides is 1. The van der Waals surface area contributed by atoms with Gasteiger partial charge in [-0.25, -0.2) is 9.36 Å². The van der Waals surface area contributed by atoms with Crippen LogP contribution in [0, 0.1) is 0 Å². The summed E-state index contributed by atoms with van der Waals surface area (Å²) in [4.78, 5) is 33.9. The summed E-state index contributed by atoms with van der Waals surface area (Å²) in [5.41, 5.74) is 0. The summed E-state index contributed by atoms with van der Waals surface area (Å²) < 4.78 is 2.13. The molecule has 2 rings (SSSR count). The van der Waals surface area contributed by atoms with E-state index in [0.29, 0.717) is 6.54 Å². The van der Waals surface area contributed by atoms with Crippen LogP contribution in [0.5, 0.6) is 0 Å². The lowest BCUT2D eigenvalue weighted by Gasteiger charge is -2.30. The number of carboxylic acid groups (broad SMARTS) is 2. The Morgan fingerprint density at radius 3 is 2.29 bits per heavy atom. The van der Waals surface area contributed by atoms with E-state index in [9.17, 15) is 4.79 Å². The number of rotatable bonds is 3. The maximum atomic E-state index is 11.3. The average molecular weight is 338 g/mol. The lowest BCUT2D eigenvalue weighted by atomic mass is 10.3. The van der Waals surface area contributed by atoms with Crippen molar-refractivity contribution in [1.29, 1.82) is 0 Å². The summed E-state index contributed by atoms with van der Waals surface area (Å²) in [6, 6.07) is 6.23. The number of aryl methyl sites for hydroxylation is 1. The summed E-state index contributed by atoms with van der Waals surface area (Å²) in [6.45, 7) is 4.31. The lowest BCUT2D eigenvalue weighted by molar-refractivity contribution is -0.659. The minimum absolute atomic E-state index is 0.0914. The van der Waals surface area contributed by atoms with Crippen LogP contribution in [0.25, 0.3) is 0 Å². The Morgan fingerprint density at radius 2 is 1.83 bits per heavy atom. The molecule has 9 heteroatoms. The molecule has 9 nitrogen and oxygen atoms in total. The van der Waals surface area contributed by atoms with Crippen LogP contribution in [0.15, 0.2) is 24.4 Å². The van der Waals surface area contributed by atoms with Crippen molar-refractivity contribution in [2.75, 3.05) is 44.7 Å². The van der Waals surface area contributed by atoms with E-state index in [-0.39, 0.29) is 5.91 Å². The number of aromatic nitrogens is 1. The molecule has 0 bridgehead atoms. The molecule has 1 aromatic rings.